The average molecular weight is 486 g/mol. The van der Waals surface area contributed by atoms with E-state index in [9.17, 15) is 13.2 Å². The molecule has 0 bridgehead atoms. The minimum atomic E-state index is -3.80. The van der Waals surface area contributed by atoms with Crippen LogP contribution in [0.3, 0.4) is 0 Å². The molecule has 1 amide bonds. The number of rotatable bonds is 7. The van der Waals surface area contributed by atoms with E-state index in [1.807, 2.05) is 18.2 Å². The van der Waals surface area contributed by atoms with Gasteiger partial charge in [0, 0.05) is 37.6 Å². The standard InChI is InChI=1S/C24H24ClN3O4S/c25-22-17-21(33(30,31)26-19-7-3-1-4-8-19)11-12-23(22)32-18-24(29)28-15-13-27(14-16-28)20-9-5-2-6-10-20/h1-12,17,26H,13-16,18H2. The largest absolute Gasteiger partial charge is 0.482 e. The number of halogens is 1. The van der Waals surface area contributed by atoms with Gasteiger partial charge in [-0.1, -0.05) is 48.0 Å². The molecule has 33 heavy (non-hydrogen) atoms. The Hall–Kier alpha value is -3.23. The second-order valence-electron chi connectivity index (χ2n) is 7.56. The number of piperazine rings is 1. The topological polar surface area (TPSA) is 78.9 Å². The lowest BCUT2D eigenvalue weighted by Gasteiger charge is -2.36. The molecule has 172 valence electrons. The minimum absolute atomic E-state index is 0.00654. The number of hydrogen-bond acceptors (Lipinski definition) is 5. The summed E-state index contributed by atoms with van der Waals surface area (Å²) in [7, 11) is -3.80. The molecule has 1 fully saturated rings. The second-order valence-corrected chi connectivity index (χ2v) is 9.65. The number of sulfonamides is 1. The summed E-state index contributed by atoms with van der Waals surface area (Å²) in [5, 5.41) is 0.118. The normalized spacial score (nSPS) is 14.1. The monoisotopic (exact) mass is 485 g/mol. The number of hydrogen-bond donors (Lipinski definition) is 1. The molecule has 7 nitrogen and oxygen atoms in total. The van der Waals surface area contributed by atoms with Crippen molar-refractivity contribution in [2.45, 2.75) is 4.90 Å². The molecule has 1 aliphatic heterocycles. The van der Waals surface area contributed by atoms with Crippen LogP contribution in [-0.2, 0) is 14.8 Å². The van der Waals surface area contributed by atoms with Crippen LogP contribution in [-0.4, -0.2) is 52.0 Å². The fourth-order valence-electron chi connectivity index (χ4n) is 3.57. The molecule has 3 aromatic carbocycles. The van der Waals surface area contributed by atoms with Crippen LogP contribution < -0.4 is 14.4 Å². The van der Waals surface area contributed by atoms with Gasteiger partial charge in [0.2, 0.25) is 0 Å². The summed E-state index contributed by atoms with van der Waals surface area (Å²) in [6.45, 7) is 2.54. The zero-order valence-electron chi connectivity index (χ0n) is 17.9. The number of anilines is 2. The van der Waals surface area contributed by atoms with Gasteiger partial charge < -0.3 is 14.5 Å². The van der Waals surface area contributed by atoms with Crippen LogP contribution in [0.4, 0.5) is 11.4 Å². The third-order valence-electron chi connectivity index (χ3n) is 5.34. The van der Waals surface area contributed by atoms with Crippen molar-refractivity contribution in [2.24, 2.45) is 0 Å². The van der Waals surface area contributed by atoms with Gasteiger partial charge in [-0.25, -0.2) is 8.42 Å². The third kappa shape index (κ3) is 5.77. The maximum absolute atomic E-state index is 12.6. The van der Waals surface area contributed by atoms with Crippen LogP contribution in [0.25, 0.3) is 0 Å². The molecule has 9 heteroatoms. The lowest BCUT2D eigenvalue weighted by Crippen LogP contribution is -2.50. The summed E-state index contributed by atoms with van der Waals surface area (Å²) in [4.78, 5) is 16.6. The van der Waals surface area contributed by atoms with E-state index in [1.165, 1.54) is 18.2 Å². The van der Waals surface area contributed by atoms with Crippen LogP contribution in [0.5, 0.6) is 5.75 Å². The van der Waals surface area contributed by atoms with Gasteiger partial charge in [0.15, 0.2) is 6.61 Å². The van der Waals surface area contributed by atoms with Gasteiger partial charge >= 0.3 is 0 Å². The highest BCUT2D eigenvalue weighted by Crippen LogP contribution is 2.28. The van der Waals surface area contributed by atoms with Crippen LogP contribution in [0.1, 0.15) is 0 Å². The van der Waals surface area contributed by atoms with Gasteiger partial charge in [-0.3, -0.25) is 9.52 Å². The number of para-hydroxylation sites is 2. The van der Waals surface area contributed by atoms with Crippen LogP contribution in [0, 0.1) is 0 Å². The van der Waals surface area contributed by atoms with Crippen LogP contribution >= 0.6 is 11.6 Å². The summed E-state index contributed by atoms with van der Waals surface area (Å²) in [6.07, 6.45) is 0. The number of benzene rings is 3. The van der Waals surface area contributed by atoms with Gasteiger partial charge in [-0.15, -0.1) is 0 Å². The van der Waals surface area contributed by atoms with E-state index >= 15 is 0 Å². The van der Waals surface area contributed by atoms with Gasteiger partial charge in [0.1, 0.15) is 5.75 Å². The molecule has 0 spiro atoms. The Labute approximate surface area is 198 Å². The molecule has 0 saturated carbocycles. The Kier molecular flexibility index (Phi) is 7.05. The lowest BCUT2D eigenvalue weighted by molar-refractivity contribution is -0.133. The van der Waals surface area contributed by atoms with Gasteiger partial charge in [-0.05, 0) is 42.5 Å². The number of nitrogens with one attached hydrogen (secondary N) is 1. The summed E-state index contributed by atoms with van der Waals surface area (Å²) in [5.74, 6) is 0.118. The van der Waals surface area contributed by atoms with Crippen molar-refractivity contribution in [3.8, 4) is 5.75 Å². The summed E-state index contributed by atoms with van der Waals surface area (Å²) < 4.78 is 33.3. The fourth-order valence-corrected chi connectivity index (χ4v) is 4.95. The molecule has 4 rings (SSSR count). The quantitative estimate of drug-likeness (QED) is 0.549. The average Bonchev–Trinajstić information content (AvgIpc) is 2.84. The molecule has 0 aliphatic carbocycles. The SMILES string of the molecule is O=C(COc1ccc(S(=O)(=O)Nc2ccccc2)cc1Cl)N1CCN(c2ccccc2)CC1. The van der Waals surface area contributed by atoms with E-state index < -0.39 is 10.0 Å². The Bertz CT molecular complexity index is 1200. The number of carbonyl (C=O) groups is 1. The number of carbonyl (C=O) groups excluding carboxylic acids is 1. The maximum atomic E-state index is 12.6. The third-order valence-corrected chi connectivity index (χ3v) is 7.02. The van der Waals surface area contributed by atoms with Crippen molar-refractivity contribution in [2.75, 3.05) is 42.4 Å². The first kappa shape index (κ1) is 22.9. The molecule has 0 atom stereocenters. The van der Waals surface area contributed by atoms with E-state index in [-0.39, 0.29) is 28.2 Å². The van der Waals surface area contributed by atoms with Gasteiger partial charge in [-0.2, -0.15) is 0 Å². The molecule has 0 radical (unpaired) electrons. The minimum Gasteiger partial charge on any atom is -0.482 e. The molecule has 1 aliphatic rings. The van der Waals surface area contributed by atoms with E-state index in [2.05, 4.69) is 21.8 Å². The highest BCUT2D eigenvalue weighted by atomic mass is 35.5. The van der Waals surface area contributed by atoms with Crippen molar-refractivity contribution in [3.05, 3.63) is 83.9 Å². The summed E-state index contributed by atoms with van der Waals surface area (Å²) in [5.41, 5.74) is 1.59. The number of amides is 1. The van der Waals surface area contributed by atoms with E-state index in [0.29, 0.717) is 18.8 Å². The van der Waals surface area contributed by atoms with Gasteiger partial charge in [0.05, 0.1) is 9.92 Å². The Morgan fingerprint density at radius 2 is 1.55 bits per heavy atom. The molecule has 1 N–H and O–H groups in total. The number of ether oxygens (including phenoxy) is 1. The van der Waals surface area contributed by atoms with Crippen molar-refractivity contribution < 1.29 is 17.9 Å². The van der Waals surface area contributed by atoms with Crippen molar-refractivity contribution >= 4 is 38.9 Å². The first-order chi connectivity index (χ1) is 15.9. The molecule has 0 unspecified atom stereocenters. The first-order valence-electron chi connectivity index (χ1n) is 10.5. The van der Waals surface area contributed by atoms with Crippen molar-refractivity contribution in [1.82, 2.24) is 4.90 Å². The second kappa shape index (κ2) is 10.1. The predicted molar refractivity (Wildman–Crippen MR) is 129 cm³/mol. The number of nitrogens with zero attached hydrogens (tertiary/aromatic N) is 2. The van der Waals surface area contributed by atoms with Crippen molar-refractivity contribution in [1.29, 1.82) is 0 Å². The molecule has 1 saturated heterocycles. The fraction of sp³-hybridized carbons (Fsp3) is 0.208. The van der Waals surface area contributed by atoms with E-state index in [1.54, 1.807) is 35.2 Å². The molecular weight excluding hydrogens is 462 g/mol. The summed E-state index contributed by atoms with van der Waals surface area (Å²) >= 11 is 6.25. The first-order valence-corrected chi connectivity index (χ1v) is 12.4. The smallest absolute Gasteiger partial charge is 0.261 e. The van der Waals surface area contributed by atoms with Crippen molar-refractivity contribution in [3.63, 3.8) is 0 Å². The predicted octanol–water partition coefficient (Wildman–Crippen LogP) is 3.87. The lowest BCUT2D eigenvalue weighted by atomic mass is 10.2. The maximum Gasteiger partial charge on any atom is 0.261 e. The van der Waals surface area contributed by atoms with E-state index in [4.69, 9.17) is 16.3 Å². The Morgan fingerprint density at radius 3 is 2.18 bits per heavy atom. The Morgan fingerprint density at radius 1 is 0.909 bits per heavy atom. The van der Waals surface area contributed by atoms with Crippen LogP contribution in [0.2, 0.25) is 5.02 Å². The van der Waals surface area contributed by atoms with Gasteiger partial charge in [0.25, 0.3) is 15.9 Å². The zero-order valence-corrected chi connectivity index (χ0v) is 19.4. The zero-order chi connectivity index (χ0) is 23.3. The molecular formula is C24H24ClN3O4S. The highest BCUT2D eigenvalue weighted by Gasteiger charge is 2.22. The summed E-state index contributed by atoms with van der Waals surface area (Å²) in [6, 6.07) is 22.8. The molecule has 3 aromatic rings. The Balaban J connectivity index is 1.32. The highest BCUT2D eigenvalue weighted by molar-refractivity contribution is 7.92. The van der Waals surface area contributed by atoms with E-state index in [0.717, 1.165) is 18.8 Å². The molecule has 1 heterocycles. The molecule has 0 aromatic heterocycles. The van der Waals surface area contributed by atoms with Crippen LogP contribution in [0.15, 0.2) is 83.8 Å².